The molecule has 1 heterocycles. The molecule has 0 atom stereocenters. The van der Waals surface area contributed by atoms with Crippen molar-refractivity contribution in [3.8, 4) is 0 Å². The van der Waals surface area contributed by atoms with Gasteiger partial charge >= 0.3 is 12.2 Å². The van der Waals surface area contributed by atoms with Crippen molar-refractivity contribution in [3.63, 3.8) is 0 Å². The number of hydrogen-bond acceptors (Lipinski definition) is 3. The lowest BCUT2D eigenvalue weighted by Crippen LogP contribution is -2.51. The number of carbonyl (C=O) groups excluding carboxylic acids is 2. The molecule has 1 aromatic rings. The topological polar surface area (TPSA) is 73.5 Å². The predicted octanol–water partition coefficient (Wildman–Crippen LogP) is 1.33. The molecule has 0 saturated carbocycles. The summed E-state index contributed by atoms with van der Waals surface area (Å²) in [5, 5.41) is 1.59. The summed E-state index contributed by atoms with van der Waals surface area (Å²) in [5.74, 6) is -0.510. The predicted molar refractivity (Wildman–Crippen MR) is 77.7 cm³/mol. The van der Waals surface area contributed by atoms with Crippen molar-refractivity contribution in [3.05, 3.63) is 29.8 Å². The molecular formula is C14H17F3N4O2. The smallest absolute Gasteiger partial charge is 0.362 e. The van der Waals surface area contributed by atoms with E-state index in [1.54, 1.807) is 5.32 Å². The SMILES string of the molecule is O=C(CN1CCCc2ccccc21)NNC(=O)NCC(F)(F)F. The Hall–Kier alpha value is -2.45. The highest BCUT2D eigenvalue weighted by atomic mass is 19.4. The Kier molecular flexibility index (Phi) is 5.30. The number of fused-ring (bicyclic) bond motifs is 1. The van der Waals surface area contributed by atoms with Crippen molar-refractivity contribution in [2.45, 2.75) is 19.0 Å². The molecule has 23 heavy (non-hydrogen) atoms. The number of alkyl halides is 3. The van der Waals surface area contributed by atoms with Crippen LogP contribution in [0.2, 0.25) is 0 Å². The average Bonchev–Trinajstić information content (AvgIpc) is 2.50. The van der Waals surface area contributed by atoms with Crippen molar-refractivity contribution in [1.82, 2.24) is 16.2 Å². The van der Waals surface area contributed by atoms with E-state index in [9.17, 15) is 22.8 Å². The van der Waals surface area contributed by atoms with Crippen molar-refractivity contribution in [2.75, 3.05) is 24.5 Å². The van der Waals surface area contributed by atoms with Gasteiger partial charge in [0.05, 0.1) is 6.54 Å². The Balaban J connectivity index is 1.79. The van der Waals surface area contributed by atoms with Crippen molar-refractivity contribution >= 4 is 17.6 Å². The molecule has 0 bridgehead atoms. The number of aryl methyl sites for hydroxylation is 1. The molecule has 0 unspecified atom stereocenters. The number of hydrogen-bond donors (Lipinski definition) is 3. The molecule has 0 spiro atoms. The first-order valence-electron chi connectivity index (χ1n) is 7.07. The van der Waals surface area contributed by atoms with Crippen LogP contribution in [0.5, 0.6) is 0 Å². The van der Waals surface area contributed by atoms with E-state index >= 15 is 0 Å². The van der Waals surface area contributed by atoms with Crippen LogP contribution in [0.25, 0.3) is 0 Å². The highest BCUT2D eigenvalue weighted by molar-refractivity contribution is 5.84. The quantitative estimate of drug-likeness (QED) is 0.732. The third-order valence-corrected chi connectivity index (χ3v) is 3.31. The number of nitrogens with zero attached hydrogens (tertiary/aromatic N) is 1. The van der Waals surface area contributed by atoms with Gasteiger partial charge in [0.25, 0.3) is 5.91 Å². The lowest BCUT2D eigenvalue weighted by Gasteiger charge is -2.30. The molecule has 3 amide bonds. The van der Waals surface area contributed by atoms with Crippen LogP contribution in [0, 0.1) is 0 Å². The lowest BCUT2D eigenvalue weighted by atomic mass is 10.0. The first kappa shape index (κ1) is 16.9. The van der Waals surface area contributed by atoms with E-state index in [1.165, 1.54) is 0 Å². The maximum Gasteiger partial charge on any atom is 0.405 e. The molecule has 0 fully saturated rings. The van der Waals surface area contributed by atoms with E-state index in [4.69, 9.17) is 0 Å². The number of rotatable bonds is 3. The van der Waals surface area contributed by atoms with E-state index in [0.717, 1.165) is 24.1 Å². The van der Waals surface area contributed by atoms with E-state index in [0.29, 0.717) is 6.54 Å². The Bertz CT molecular complexity index is 577. The van der Waals surface area contributed by atoms with Crippen LogP contribution in [-0.4, -0.2) is 37.7 Å². The van der Waals surface area contributed by atoms with Gasteiger partial charge in [-0.05, 0) is 24.5 Å². The van der Waals surface area contributed by atoms with Gasteiger partial charge < -0.3 is 10.2 Å². The van der Waals surface area contributed by atoms with Crippen LogP contribution in [0.3, 0.4) is 0 Å². The largest absolute Gasteiger partial charge is 0.405 e. The van der Waals surface area contributed by atoms with Crippen LogP contribution in [-0.2, 0) is 11.2 Å². The lowest BCUT2D eigenvalue weighted by molar-refractivity contribution is -0.122. The van der Waals surface area contributed by atoms with Crippen molar-refractivity contribution in [2.24, 2.45) is 0 Å². The van der Waals surface area contributed by atoms with E-state index in [-0.39, 0.29) is 6.54 Å². The zero-order valence-corrected chi connectivity index (χ0v) is 12.2. The van der Waals surface area contributed by atoms with Gasteiger partial charge in [0.1, 0.15) is 6.54 Å². The first-order chi connectivity index (χ1) is 10.8. The van der Waals surface area contributed by atoms with Gasteiger partial charge in [0.15, 0.2) is 0 Å². The summed E-state index contributed by atoms with van der Waals surface area (Å²) >= 11 is 0. The zero-order chi connectivity index (χ0) is 16.9. The molecule has 3 N–H and O–H groups in total. The molecule has 0 aliphatic carbocycles. The molecule has 126 valence electrons. The minimum absolute atomic E-state index is 0.0105. The molecule has 0 radical (unpaired) electrons. The second kappa shape index (κ2) is 7.21. The fraction of sp³-hybridized carbons (Fsp3) is 0.429. The maximum absolute atomic E-state index is 11.9. The Morgan fingerprint density at radius 3 is 2.65 bits per heavy atom. The second-order valence-corrected chi connectivity index (χ2v) is 5.12. The van der Waals surface area contributed by atoms with Crippen molar-refractivity contribution < 1.29 is 22.8 Å². The highest BCUT2D eigenvalue weighted by Gasteiger charge is 2.27. The number of halogens is 3. The number of carbonyl (C=O) groups is 2. The van der Waals surface area contributed by atoms with Gasteiger partial charge in [-0.25, -0.2) is 10.2 Å². The maximum atomic E-state index is 11.9. The molecule has 6 nitrogen and oxygen atoms in total. The standard InChI is InChI=1S/C14H17F3N4O2/c15-14(16,17)9-18-13(23)20-19-12(22)8-21-7-3-5-10-4-1-2-6-11(10)21/h1-2,4,6H,3,5,7-9H2,(H,19,22)(H2,18,20,23). The normalized spacial score (nSPS) is 14.0. The third kappa shape index (κ3) is 5.35. The second-order valence-electron chi connectivity index (χ2n) is 5.12. The average molecular weight is 330 g/mol. The molecule has 0 aromatic heterocycles. The minimum atomic E-state index is -4.50. The van der Waals surface area contributed by atoms with E-state index < -0.39 is 24.7 Å². The Morgan fingerprint density at radius 1 is 1.17 bits per heavy atom. The number of nitrogens with one attached hydrogen (secondary N) is 3. The number of benzene rings is 1. The monoisotopic (exact) mass is 330 g/mol. The van der Waals surface area contributed by atoms with Gasteiger partial charge in [-0.3, -0.25) is 10.2 Å². The van der Waals surface area contributed by atoms with Crippen molar-refractivity contribution in [1.29, 1.82) is 0 Å². The number of para-hydroxylation sites is 1. The van der Waals surface area contributed by atoms with Crippen LogP contribution in [0.4, 0.5) is 23.7 Å². The molecule has 1 aromatic carbocycles. The third-order valence-electron chi connectivity index (χ3n) is 3.31. The Morgan fingerprint density at radius 2 is 1.91 bits per heavy atom. The summed E-state index contributed by atoms with van der Waals surface area (Å²) in [5.41, 5.74) is 6.07. The fourth-order valence-corrected chi connectivity index (χ4v) is 2.34. The van der Waals surface area contributed by atoms with E-state index in [2.05, 4.69) is 5.43 Å². The van der Waals surface area contributed by atoms with Crippen LogP contribution >= 0.6 is 0 Å². The van der Waals surface area contributed by atoms with Crippen LogP contribution in [0.1, 0.15) is 12.0 Å². The molecule has 9 heteroatoms. The summed E-state index contributed by atoms with van der Waals surface area (Å²) in [7, 11) is 0. The summed E-state index contributed by atoms with van der Waals surface area (Å²) < 4.78 is 35.8. The van der Waals surface area contributed by atoms with E-state index in [1.807, 2.05) is 34.6 Å². The van der Waals surface area contributed by atoms with Gasteiger partial charge in [0.2, 0.25) is 0 Å². The number of anilines is 1. The fourth-order valence-electron chi connectivity index (χ4n) is 2.34. The molecule has 1 aliphatic rings. The van der Waals surface area contributed by atoms with Gasteiger partial charge in [0, 0.05) is 12.2 Å². The van der Waals surface area contributed by atoms with Gasteiger partial charge in [-0.1, -0.05) is 18.2 Å². The summed E-state index contributed by atoms with van der Waals surface area (Å²) in [6.07, 6.45) is -2.66. The molecular weight excluding hydrogens is 313 g/mol. The van der Waals surface area contributed by atoms with Crippen LogP contribution < -0.4 is 21.1 Å². The number of amides is 3. The summed E-state index contributed by atoms with van der Waals surface area (Å²) in [6, 6.07) is 6.58. The summed E-state index contributed by atoms with van der Waals surface area (Å²) in [6.45, 7) is -0.754. The molecule has 2 rings (SSSR count). The first-order valence-corrected chi connectivity index (χ1v) is 7.07. The highest BCUT2D eigenvalue weighted by Crippen LogP contribution is 2.26. The minimum Gasteiger partial charge on any atom is -0.362 e. The summed E-state index contributed by atoms with van der Waals surface area (Å²) in [4.78, 5) is 24.8. The van der Waals surface area contributed by atoms with Crippen LogP contribution in [0.15, 0.2) is 24.3 Å². The molecule has 0 saturated heterocycles. The number of urea groups is 1. The Labute approximate surface area is 131 Å². The zero-order valence-electron chi connectivity index (χ0n) is 12.2. The van der Waals surface area contributed by atoms with Gasteiger partial charge in [-0.15, -0.1) is 0 Å². The molecule has 1 aliphatic heterocycles. The number of hydrazine groups is 1. The van der Waals surface area contributed by atoms with Gasteiger partial charge in [-0.2, -0.15) is 13.2 Å².